The number of piperidine rings is 1. The first-order valence-electron chi connectivity index (χ1n) is 15.4. The Morgan fingerprint density at radius 1 is 1.10 bits per heavy atom. The molecule has 0 saturated carbocycles. The lowest BCUT2D eigenvalue weighted by Gasteiger charge is -2.26. The third-order valence-electron chi connectivity index (χ3n) is 8.18. The van der Waals surface area contributed by atoms with Gasteiger partial charge in [-0.25, -0.2) is 4.98 Å². The Kier molecular flexibility index (Phi) is 13.5. The van der Waals surface area contributed by atoms with Gasteiger partial charge in [-0.2, -0.15) is 0 Å². The summed E-state index contributed by atoms with van der Waals surface area (Å²) in [6.07, 6.45) is 12.3. The Bertz CT molecular complexity index is 1140. The molecular formula is C33H49N3O3S. The third kappa shape index (κ3) is 10.2. The summed E-state index contributed by atoms with van der Waals surface area (Å²) in [5.41, 5.74) is 2.21. The van der Waals surface area contributed by atoms with Crippen LogP contribution in [0.2, 0.25) is 0 Å². The van der Waals surface area contributed by atoms with Gasteiger partial charge in [0.25, 0.3) is 0 Å². The second kappa shape index (κ2) is 16.8. The Labute approximate surface area is 245 Å². The van der Waals surface area contributed by atoms with Crippen LogP contribution in [-0.2, 0) is 27.2 Å². The highest BCUT2D eigenvalue weighted by atomic mass is 32.1. The fourth-order valence-corrected chi connectivity index (χ4v) is 6.50. The molecule has 1 aromatic carbocycles. The number of amides is 1. The molecule has 6 nitrogen and oxygen atoms in total. The van der Waals surface area contributed by atoms with E-state index in [9.17, 15) is 14.4 Å². The van der Waals surface area contributed by atoms with E-state index in [4.69, 9.17) is 4.98 Å². The van der Waals surface area contributed by atoms with E-state index in [0.29, 0.717) is 25.7 Å². The van der Waals surface area contributed by atoms with E-state index >= 15 is 0 Å². The maximum absolute atomic E-state index is 13.6. The summed E-state index contributed by atoms with van der Waals surface area (Å²) >= 11 is 1.62. The number of Topliss-reactive ketones (excluding diaryl/α,β-unsaturated/α-hetero) is 1. The van der Waals surface area contributed by atoms with E-state index in [2.05, 4.69) is 43.1 Å². The summed E-state index contributed by atoms with van der Waals surface area (Å²) < 4.78 is 1.12. The van der Waals surface area contributed by atoms with Gasteiger partial charge in [0.05, 0.1) is 21.1 Å². The molecule has 1 aliphatic heterocycles. The number of benzene rings is 1. The number of hydrogen-bond acceptors (Lipinski definition) is 6. The average molecular weight is 568 g/mol. The highest BCUT2D eigenvalue weighted by Gasteiger charge is 2.27. The molecule has 7 heteroatoms. The van der Waals surface area contributed by atoms with E-state index in [1.807, 2.05) is 19.1 Å². The molecule has 1 saturated heterocycles. The molecule has 0 radical (unpaired) electrons. The first-order chi connectivity index (χ1) is 19.3. The van der Waals surface area contributed by atoms with Gasteiger partial charge >= 0.3 is 0 Å². The minimum atomic E-state index is -0.461. The second-order valence-electron chi connectivity index (χ2n) is 11.4. The van der Waals surface area contributed by atoms with Crippen LogP contribution in [0.25, 0.3) is 10.2 Å². The number of rotatable bonds is 17. The Hall–Kier alpha value is -2.38. The number of nitrogens with one attached hydrogen (secondary N) is 1. The van der Waals surface area contributed by atoms with Crippen LogP contribution in [0.4, 0.5) is 0 Å². The predicted molar refractivity (Wildman–Crippen MR) is 166 cm³/mol. The fourth-order valence-electron chi connectivity index (χ4n) is 5.39. The van der Waals surface area contributed by atoms with E-state index in [1.54, 1.807) is 17.4 Å². The normalized spacial score (nSPS) is 16.7. The summed E-state index contributed by atoms with van der Waals surface area (Å²) in [5, 5.41) is 4.14. The van der Waals surface area contributed by atoms with Crippen molar-refractivity contribution >= 4 is 39.0 Å². The summed E-state index contributed by atoms with van der Waals surface area (Å²) in [7, 11) is 0. The molecule has 1 fully saturated rings. The molecule has 2 aromatic rings. The molecule has 1 aromatic heterocycles. The third-order valence-corrected chi connectivity index (χ3v) is 9.22. The van der Waals surface area contributed by atoms with Crippen LogP contribution in [0, 0.1) is 11.8 Å². The van der Waals surface area contributed by atoms with Crippen molar-refractivity contribution in [2.45, 2.75) is 104 Å². The van der Waals surface area contributed by atoms with Crippen LogP contribution in [0.3, 0.4) is 0 Å². The molecule has 1 amide bonds. The fraction of sp³-hybridized carbons (Fsp3) is 0.636. The molecule has 40 heavy (non-hydrogen) atoms. The molecular weight excluding hydrogens is 518 g/mol. The molecule has 1 aliphatic rings. The highest BCUT2D eigenvalue weighted by Crippen LogP contribution is 2.27. The van der Waals surface area contributed by atoms with Crippen molar-refractivity contribution in [2.24, 2.45) is 11.8 Å². The molecule has 0 bridgehead atoms. The molecule has 1 N–H and O–H groups in total. The average Bonchev–Trinajstić information content (AvgIpc) is 3.36. The van der Waals surface area contributed by atoms with Crippen molar-refractivity contribution in [1.82, 2.24) is 15.2 Å². The first-order valence-corrected chi connectivity index (χ1v) is 16.3. The smallest absolute Gasteiger partial charge is 0.224 e. The SMILES string of the molecule is CCCC(=O)C[C@@H](Cc1nc2ccc(CC)cc2s1)C(=O)N[C@H](CCC(=O)/C=C/CN1CCCCC1)[C@@H](C)CC. The van der Waals surface area contributed by atoms with Gasteiger partial charge < -0.3 is 5.32 Å². The largest absolute Gasteiger partial charge is 0.353 e. The van der Waals surface area contributed by atoms with Gasteiger partial charge in [-0.15, -0.1) is 11.3 Å². The van der Waals surface area contributed by atoms with E-state index in [-0.39, 0.29) is 35.9 Å². The minimum absolute atomic E-state index is 0.101. The molecule has 220 valence electrons. The maximum Gasteiger partial charge on any atom is 0.224 e. The summed E-state index contributed by atoms with van der Waals surface area (Å²) in [4.78, 5) is 46.1. The van der Waals surface area contributed by atoms with Crippen molar-refractivity contribution in [3.63, 3.8) is 0 Å². The number of aromatic nitrogens is 1. The van der Waals surface area contributed by atoms with E-state index in [1.165, 1.54) is 24.8 Å². The van der Waals surface area contributed by atoms with Gasteiger partial charge in [0.15, 0.2) is 5.78 Å². The van der Waals surface area contributed by atoms with Crippen molar-refractivity contribution in [3.8, 4) is 0 Å². The van der Waals surface area contributed by atoms with Crippen LogP contribution in [-0.4, -0.2) is 53.0 Å². The number of ketones is 2. The van der Waals surface area contributed by atoms with Gasteiger partial charge in [-0.3, -0.25) is 19.3 Å². The zero-order valence-electron chi connectivity index (χ0n) is 25.0. The molecule has 3 rings (SSSR count). The molecule has 0 aliphatic carbocycles. The van der Waals surface area contributed by atoms with Crippen LogP contribution in [0.15, 0.2) is 30.4 Å². The Morgan fingerprint density at radius 2 is 1.88 bits per heavy atom. The predicted octanol–water partition coefficient (Wildman–Crippen LogP) is 6.70. The van der Waals surface area contributed by atoms with Crippen LogP contribution in [0.1, 0.15) is 96.1 Å². The van der Waals surface area contributed by atoms with Gasteiger partial charge in [-0.1, -0.05) is 52.7 Å². The number of carbonyl (C=O) groups is 3. The number of allylic oxidation sites excluding steroid dienone is 1. The van der Waals surface area contributed by atoms with Crippen molar-refractivity contribution in [1.29, 1.82) is 0 Å². The van der Waals surface area contributed by atoms with Gasteiger partial charge in [-0.05, 0) is 74.9 Å². The maximum atomic E-state index is 13.6. The molecule has 0 unspecified atom stereocenters. The molecule has 0 spiro atoms. The highest BCUT2D eigenvalue weighted by molar-refractivity contribution is 7.18. The number of fused-ring (bicyclic) bond motifs is 1. The van der Waals surface area contributed by atoms with Crippen LogP contribution < -0.4 is 5.32 Å². The standard InChI is InChI=1S/C33H49N3O3S/c1-5-12-28(38)22-26(23-32-34-30-16-14-25(7-3)21-31(30)40-32)33(39)35-29(24(4)6-2)17-15-27(37)13-11-20-36-18-9-8-10-19-36/h11,13-14,16,21,24,26,29H,5-10,12,15,17-20,22-23H2,1-4H3,(H,35,39)/b13-11+/t24-,26-,29+/m0/s1. The number of aryl methyl sites for hydroxylation is 1. The lowest BCUT2D eigenvalue weighted by molar-refractivity contribution is -0.130. The quantitative estimate of drug-likeness (QED) is 0.215. The second-order valence-corrected chi connectivity index (χ2v) is 12.5. The number of carbonyl (C=O) groups excluding carboxylic acids is 3. The summed E-state index contributed by atoms with van der Waals surface area (Å²) in [6, 6.07) is 6.21. The lowest BCUT2D eigenvalue weighted by Crippen LogP contribution is -2.43. The topological polar surface area (TPSA) is 79.4 Å². The monoisotopic (exact) mass is 567 g/mol. The lowest BCUT2D eigenvalue weighted by atomic mass is 9.91. The number of nitrogens with zero attached hydrogens (tertiary/aromatic N) is 2. The van der Waals surface area contributed by atoms with Gasteiger partial charge in [0, 0.05) is 38.3 Å². The minimum Gasteiger partial charge on any atom is -0.353 e. The zero-order valence-corrected chi connectivity index (χ0v) is 25.9. The zero-order chi connectivity index (χ0) is 28.9. The van der Waals surface area contributed by atoms with E-state index < -0.39 is 5.92 Å². The van der Waals surface area contributed by atoms with Crippen LogP contribution >= 0.6 is 11.3 Å². The van der Waals surface area contributed by atoms with Crippen molar-refractivity contribution in [2.75, 3.05) is 19.6 Å². The number of hydrogen-bond donors (Lipinski definition) is 1. The Balaban J connectivity index is 1.64. The van der Waals surface area contributed by atoms with Crippen molar-refractivity contribution < 1.29 is 14.4 Å². The van der Waals surface area contributed by atoms with Crippen LogP contribution in [0.5, 0.6) is 0 Å². The van der Waals surface area contributed by atoms with Gasteiger partial charge in [0.2, 0.25) is 5.91 Å². The summed E-state index contributed by atoms with van der Waals surface area (Å²) in [6.45, 7) is 11.4. The van der Waals surface area contributed by atoms with Gasteiger partial charge in [0.1, 0.15) is 5.78 Å². The van der Waals surface area contributed by atoms with Crippen molar-refractivity contribution in [3.05, 3.63) is 40.9 Å². The Morgan fingerprint density at radius 3 is 2.58 bits per heavy atom. The number of likely N-dealkylation sites (tertiary alicyclic amines) is 1. The summed E-state index contributed by atoms with van der Waals surface area (Å²) in [5.74, 6) is -0.106. The first kappa shape index (κ1) is 32.1. The number of thiazole rings is 1. The molecule has 3 atom stereocenters. The van der Waals surface area contributed by atoms with E-state index in [0.717, 1.165) is 54.1 Å². The molecule has 2 heterocycles.